The van der Waals surface area contributed by atoms with Crippen LogP contribution in [0.4, 0.5) is 0 Å². The van der Waals surface area contributed by atoms with Crippen LogP contribution in [0.25, 0.3) is 6.08 Å². The Kier molecular flexibility index (Phi) is 8.54. The second-order valence-corrected chi connectivity index (χ2v) is 7.24. The van der Waals surface area contributed by atoms with Gasteiger partial charge in [0.15, 0.2) is 0 Å². The second-order valence-electron chi connectivity index (χ2n) is 7.24. The van der Waals surface area contributed by atoms with Crippen molar-refractivity contribution in [2.45, 2.75) is 32.4 Å². The molecule has 174 valence electrons. The number of aryl methyl sites for hydroxylation is 1. The van der Waals surface area contributed by atoms with E-state index in [2.05, 4.69) is 5.32 Å². The minimum absolute atomic E-state index is 0.0532. The Balaban J connectivity index is 2.64. The molecule has 9 heteroatoms. The van der Waals surface area contributed by atoms with Gasteiger partial charge < -0.3 is 18.9 Å². The monoisotopic (exact) mass is 447 g/mol. The molecule has 0 bridgehead atoms. The molecule has 0 spiro atoms. The molecule has 9 nitrogen and oxygen atoms in total. The van der Waals surface area contributed by atoms with Gasteiger partial charge in [0.2, 0.25) is 5.54 Å². The molecule has 1 saturated heterocycles. The van der Waals surface area contributed by atoms with E-state index < -0.39 is 47.3 Å². The zero-order valence-corrected chi connectivity index (χ0v) is 18.9. The summed E-state index contributed by atoms with van der Waals surface area (Å²) >= 11 is 0. The van der Waals surface area contributed by atoms with Gasteiger partial charge in [-0.15, -0.1) is 0 Å². The molecule has 32 heavy (non-hydrogen) atoms. The molecular formula is C23H29NO8. The van der Waals surface area contributed by atoms with Gasteiger partial charge in [-0.2, -0.15) is 0 Å². The molecule has 1 fully saturated rings. The van der Waals surface area contributed by atoms with Gasteiger partial charge in [0, 0.05) is 6.04 Å². The number of benzene rings is 1. The molecule has 2 rings (SSSR count). The average molecular weight is 447 g/mol. The fourth-order valence-electron chi connectivity index (χ4n) is 3.79. The van der Waals surface area contributed by atoms with Gasteiger partial charge in [0.05, 0.1) is 33.4 Å². The van der Waals surface area contributed by atoms with Crippen molar-refractivity contribution in [1.82, 2.24) is 5.32 Å². The normalized spacial score (nSPS) is 21.7. The molecular weight excluding hydrogens is 418 g/mol. The Morgan fingerprint density at radius 1 is 0.938 bits per heavy atom. The summed E-state index contributed by atoms with van der Waals surface area (Å²) in [6.45, 7) is 4.97. The smallest absolute Gasteiger partial charge is 0.339 e. The number of ether oxygens (including phenoxy) is 4. The average Bonchev–Trinajstić information content (AvgIpc) is 3.14. The summed E-state index contributed by atoms with van der Waals surface area (Å²) in [5, 5.41) is 2.85. The highest BCUT2D eigenvalue weighted by Crippen LogP contribution is 2.40. The van der Waals surface area contributed by atoms with Crippen molar-refractivity contribution >= 4 is 30.0 Å². The van der Waals surface area contributed by atoms with E-state index >= 15 is 0 Å². The van der Waals surface area contributed by atoms with Crippen LogP contribution >= 0.6 is 0 Å². The van der Waals surface area contributed by atoms with Crippen molar-refractivity contribution in [2.75, 3.05) is 27.4 Å². The largest absolute Gasteiger partial charge is 0.469 e. The van der Waals surface area contributed by atoms with Gasteiger partial charge in [-0.25, -0.2) is 9.59 Å². The van der Waals surface area contributed by atoms with E-state index in [0.29, 0.717) is 0 Å². The Morgan fingerprint density at radius 2 is 1.47 bits per heavy atom. The predicted octanol–water partition coefficient (Wildman–Crippen LogP) is 1.42. The first-order chi connectivity index (χ1) is 15.3. The summed E-state index contributed by atoms with van der Waals surface area (Å²) in [6, 6.07) is 6.64. The van der Waals surface area contributed by atoms with Crippen molar-refractivity contribution in [3.63, 3.8) is 0 Å². The van der Waals surface area contributed by atoms with Crippen LogP contribution in [-0.2, 0) is 38.1 Å². The zero-order valence-electron chi connectivity index (χ0n) is 18.9. The number of hydrogen-bond donors (Lipinski definition) is 1. The van der Waals surface area contributed by atoms with Crippen LogP contribution in [0.15, 0.2) is 30.3 Å². The summed E-state index contributed by atoms with van der Waals surface area (Å²) in [6.07, 6.45) is 3.32. The minimum atomic E-state index is -2.28. The van der Waals surface area contributed by atoms with Crippen LogP contribution in [0.3, 0.4) is 0 Å². The van der Waals surface area contributed by atoms with Crippen LogP contribution in [0.5, 0.6) is 0 Å². The SMILES string of the molecule is CCOC(=O)C1(C(=O)OCC)N[C@H](/C=C/c2ccc(C)cc2)[C@H](C(=O)OC)[C@@H]1C(=O)OC. The summed E-state index contributed by atoms with van der Waals surface area (Å²) in [5.41, 5.74) is -0.386. The predicted molar refractivity (Wildman–Crippen MR) is 114 cm³/mol. The maximum atomic E-state index is 13.1. The third-order valence-electron chi connectivity index (χ3n) is 5.30. The second kappa shape index (κ2) is 10.9. The molecule has 0 saturated carbocycles. The number of methoxy groups -OCH3 is 2. The van der Waals surface area contributed by atoms with Gasteiger partial charge in [0.1, 0.15) is 5.92 Å². The van der Waals surface area contributed by atoms with Crippen LogP contribution in [-0.4, -0.2) is 62.9 Å². The molecule has 0 aliphatic carbocycles. The van der Waals surface area contributed by atoms with Gasteiger partial charge in [-0.3, -0.25) is 14.9 Å². The first kappa shape index (κ1) is 25.1. The summed E-state index contributed by atoms with van der Waals surface area (Å²) in [5.74, 6) is -6.61. The molecule has 1 aromatic rings. The Labute approximate surface area is 187 Å². The maximum absolute atomic E-state index is 13.1. The van der Waals surface area contributed by atoms with E-state index in [9.17, 15) is 19.2 Å². The number of hydrogen-bond acceptors (Lipinski definition) is 9. The van der Waals surface area contributed by atoms with Crippen LogP contribution < -0.4 is 5.32 Å². The van der Waals surface area contributed by atoms with Gasteiger partial charge in [0.25, 0.3) is 0 Å². The topological polar surface area (TPSA) is 117 Å². The Hall–Kier alpha value is -3.20. The van der Waals surface area contributed by atoms with E-state index in [-0.39, 0.29) is 13.2 Å². The zero-order chi connectivity index (χ0) is 23.9. The van der Waals surface area contributed by atoms with Crippen LogP contribution in [0.1, 0.15) is 25.0 Å². The first-order valence-electron chi connectivity index (χ1n) is 10.3. The Bertz CT molecular complexity index is 858. The third kappa shape index (κ3) is 4.83. The molecule has 1 heterocycles. The van der Waals surface area contributed by atoms with Crippen molar-refractivity contribution in [3.05, 3.63) is 41.5 Å². The number of rotatable bonds is 8. The molecule has 1 aliphatic heterocycles. The molecule has 0 unspecified atom stereocenters. The minimum Gasteiger partial charge on any atom is -0.469 e. The van der Waals surface area contributed by atoms with E-state index in [1.54, 1.807) is 26.0 Å². The molecule has 0 aromatic heterocycles. The van der Waals surface area contributed by atoms with Gasteiger partial charge in [-0.1, -0.05) is 42.0 Å². The van der Waals surface area contributed by atoms with Crippen molar-refractivity contribution in [2.24, 2.45) is 11.8 Å². The van der Waals surface area contributed by atoms with Gasteiger partial charge >= 0.3 is 23.9 Å². The standard InChI is InChI=1S/C23H29NO8/c1-6-31-21(27)23(22(28)32-7-2)18(20(26)30-5)17(19(25)29-4)16(24-23)13-12-15-10-8-14(3)9-11-15/h8-13,16-18,24H,6-7H2,1-5H3/b13-12+/t16-,17+,18-/m1/s1. The number of nitrogens with one attached hydrogen (secondary N) is 1. The maximum Gasteiger partial charge on any atom is 0.339 e. The molecule has 0 radical (unpaired) electrons. The lowest BCUT2D eigenvalue weighted by atomic mass is 9.78. The van der Waals surface area contributed by atoms with Crippen molar-refractivity contribution in [3.8, 4) is 0 Å². The van der Waals surface area contributed by atoms with E-state index in [1.165, 1.54) is 0 Å². The summed E-state index contributed by atoms with van der Waals surface area (Å²) in [7, 11) is 2.26. The fraction of sp³-hybridized carbons (Fsp3) is 0.478. The molecule has 1 N–H and O–H groups in total. The lowest BCUT2D eigenvalue weighted by Crippen LogP contribution is -2.62. The van der Waals surface area contributed by atoms with Crippen molar-refractivity contribution < 1.29 is 38.1 Å². The highest BCUT2D eigenvalue weighted by Gasteiger charge is 2.69. The van der Waals surface area contributed by atoms with E-state index in [0.717, 1.165) is 25.3 Å². The molecule has 1 aliphatic rings. The van der Waals surface area contributed by atoms with Crippen LogP contribution in [0.2, 0.25) is 0 Å². The number of carbonyl (C=O) groups excluding carboxylic acids is 4. The highest BCUT2D eigenvalue weighted by atomic mass is 16.6. The number of esters is 4. The first-order valence-corrected chi connectivity index (χ1v) is 10.3. The van der Waals surface area contributed by atoms with E-state index in [1.807, 2.05) is 31.2 Å². The van der Waals surface area contributed by atoms with Gasteiger partial charge in [-0.05, 0) is 26.3 Å². The van der Waals surface area contributed by atoms with E-state index in [4.69, 9.17) is 18.9 Å². The number of carbonyl (C=O) groups is 4. The molecule has 0 amide bonds. The molecule has 3 atom stereocenters. The summed E-state index contributed by atoms with van der Waals surface area (Å²) in [4.78, 5) is 51.7. The van der Waals surface area contributed by atoms with Crippen LogP contribution in [0, 0.1) is 18.8 Å². The Morgan fingerprint density at radius 3 is 1.94 bits per heavy atom. The highest BCUT2D eigenvalue weighted by molar-refractivity contribution is 6.11. The molecule has 1 aromatic carbocycles. The van der Waals surface area contributed by atoms with Crippen molar-refractivity contribution in [1.29, 1.82) is 0 Å². The lowest BCUT2D eigenvalue weighted by Gasteiger charge is -2.30. The fourth-order valence-corrected chi connectivity index (χ4v) is 3.79. The third-order valence-corrected chi connectivity index (χ3v) is 5.30. The summed E-state index contributed by atoms with van der Waals surface area (Å²) < 4.78 is 20.0. The quantitative estimate of drug-likeness (QED) is 0.359. The lowest BCUT2D eigenvalue weighted by molar-refractivity contribution is -0.175.